The fraction of sp³-hybridized carbons (Fsp3) is 0.462. The van der Waals surface area contributed by atoms with Crippen LogP contribution >= 0.6 is 0 Å². The monoisotopic (exact) mass is 252 g/mol. The van der Waals surface area contributed by atoms with E-state index in [4.69, 9.17) is 0 Å². The Kier molecular flexibility index (Phi) is 3.93. The summed E-state index contributed by atoms with van der Waals surface area (Å²) in [4.78, 5) is 11.9. The Bertz CT molecular complexity index is 422. The molecule has 98 valence electrons. The van der Waals surface area contributed by atoms with Gasteiger partial charge in [0, 0.05) is 6.54 Å². The Hall–Kier alpha value is -1.46. The highest BCUT2D eigenvalue weighted by Crippen LogP contribution is 2.14. The Balaban J connectivity index is 1.92. The lowest BCUT2D eigenvalue weighted by molar-refractivity contribution is -0.123. The Morgan fingerprint density at radius 2 is 2.17 bits per heavy atom. The lowest BCUT2D eigenvalue weighted by Crippen LogP contribution is -2.41. The highest BCUT2D eigenvalue weighted by molar-refractivity contribution is 5.82. The Morgan fingerprint density at radius 3 is 2.72 bits per heavy atom. The third-order valence-electron chi connectivity index (χ3n) is 3.15. The van der Waals surface area contributed by atoms with Gasteiger partial charge in [-0.25, -0.2) is 4.39 Å². The van der Waals surface area contributed by atoms with Crippen LogP contribution in [0.3, 0.4) is 0 Å². The van der Waals surface area contributed by atoms with Gasteiger partial charge in [0.05, 0.1) is 18.2 Å². The molecule has 5 heteroatoms. The van der Waals surface area contributed by atoms with Crippen molar-refractivity contribution in [3.05, 3.63) is 35.6 Å². The number of aliphatic hydroxyl groups excluding tert-OH is 1. The first kappa shape index (κ1) is 13.0. The van der Waals surface area contributed by atoms with Gasteiger partial charge in [-0.3, -0.25) is 4.79 Å². The molecule has 1 amide bonds. The van der Waals surface area contributed by atoms with Gasteiger partial charge in [-0.2, -0.15) is 0 Å². The second-order valence-corrected chi connectivity index (χ2v) is 4.63. The molecule has 1 aromatic rings. The minimum absolute atomic E-state index is 0.136. The van der Waals surface area contributed by atoms with Gasteiger partial charge in [0.1, 0.15) is 5.82 Å². The molecule has 0 aliphatic carbocycles. The maximum atomic E-state index is 12.8. The van der Waals surface area contributed by atoms with Crippen LogP contribution in [0.25, 0.3) is 0 Å². The second-order valence-electron chi connectivity index (χ2n) is 4.63. The van der Waals surface area contributed by atoms with Gasteiger partial charge in [-0.1, -0.05) is 12.1 Å². The highest BCUT2D eigenvalue weighted by atomic mass is 19.1. The molecule has 1 fully saturated rings. The largest absolute Gasteiger partial charge is 0.392 e. The van der Waals surface area contributed by atoms with Gasteiger partial charge < -0.3 is 15.7 Å². The number of amides is 1. The van der Waals surface area contributed by atoms with E-state index in [0.29, 0.717) is 13.0 Å². The van der Waals surface area contributed by atoms with Gasteiger partial charge in [0.15, 0.2) is 0 Å². The molecular formula is C13H17FN2O2. The van der Waals surface area contributed by atoms with E-state index in [1.165, 1.54) is 12.1 Å². The number of carbonyl (C=O) groups is 1. The molecule has 0 spiro atoms. The average molecular weight is 252 g/mol. The summed E-state index contributed by atoms with van der Waals surface area (Å²) in [6.07, 6.45) is -0.0241. The third kappa shape index (κ3) is 3.05. The van der Waals surface area contributed by atoms with E-state index in [1.807, 2.05) is 6.92 Å². The molecule has 18 heavy (non-hydrogen) atoms. The van der Waals surface area contributed by atoms with E-state index in [1.54, 1.807) is 12.1 Å². The summed E-state index contributed by atoms with van der Waals surface area (Å²) in [5.41, 5.74) is 0.850. The summed E-state index contributed by atoms with van der Waals surface area (Å²) in [6, 6.07) is 5.51. The lowest BCUT2D eigenvalue weighted by Gasteiger charge is -2.17. The van der Waals surface area contributed by atoms with Crippen LogP contribution in [0.1, 0.15) is 24.9 Å². The molecule has 1 aromatic carbocycles. The normalized spacial score (nSPS) is 24.8. The number of hydrogen-bond acceptors (Lipinski definition) is 3. The van der Waals surface area contributed by atoms with Crippen LogP contribution < -0.4 is 10.6 Å². The van der Waals surface area contributed by atoms with Gasteiger partial charge in [0.25, 0.3) is 0 Å². The molecule has 1 heterocycles. The first-order chi connectivity index (χ1) is 8.56. The summed E-state index contributed by atoms with van der Waals surface area (Å²) in [7, 11) is 0. The van der Waals surface area contributed by atoms with E-state index in [2.05, 4.69) is 10.6 Å². The number of nitrogens with one attached hydrogen (secondary N) is 2. The quantitative estimate of drug-likeness (QED) is 0.743. The van der Waals surface area contributed by atoms with Crippen LogP contribution in [-0.2, 0) is 4.79 Å². The van der Waals surface area contributed by atoms with Crippen LogP contribution in [0.4, 0.5) is 4.39 Å². The van der Waals surface area contributed by atoms with Gasteiger partial charge in [0.2, 0.25) is 5.91 Å². The first-order valence-electron chi connectivity index (χ1n) is 6.03. The number of β-amino-alcohol motifs (C(OH)–C–C–N with tert-alkyl or cyclic N) is 1. The summed E-state index contributed by atoms with van der Waals surface area (Å²) < 4.78 is 12.8. The molecule has 3 atom stereocenters. The van der Waals surface area contributed by atoms with E-state index < -0.39 is 6.10 Å². The number of carbonyl (C=O) groups excluding carboxylic acids is 1. The summed E-state index contributed by atoms with van der Waals surface area (Å²) >= 11 is 0. The standard InChI is InChI=1S/C13H17FN2O2/c1-8(9-2-4-10(14)5-3-9)16-13(18)12-6-11(17)7-15-12/h2-5,8,11-12,15,17H,6-7H2,1H3,(H,16,18)/t8-,11?,12?/m1/s1. The topological polar surface area (TPSA) is 61.4 Å². The molecule has 4 nitrogen and oxygen atoms in total. The molecule has 0 saturated carbocycles. The van der Waals surface area contributed by atoms with Gasteiger partial charge in [-0.15, -0.1) is 0 Å². The fourth-order valence-electron chi connectivity index (χ4n) is 2.07. The Morgan fingerprint density at radius 1 is 1.50 bits per heavy atom. The van der Waals surface area contributed by atoms with Gasteiger partial charge >= 0.3 is 0 Å². The molecule has 2 rings (SSSR count). The minimum atomic E-state index is -0.457. The van der Waals surface area contributed by atoms with Crippen LogP contribution in [0.5, 0.6) is 0 Å². The molecular weight excluding hydrogens is 235 g/mol. The SMILES string of the molecule is C[C@@H](NC(=O)C1CC(O)CN1)c1ccc(F)cc1. The molecule has 0 bridgehead atoms. The molecule has 1 saturated heterocycles. The van der Waals surface area contributed by atoms with E-state index in [0.717, 1.165) is 5.56 Å². The van der Waals surface area contributed by atoms with E-state index in [-0.39, 0.29) is 23.8 Å². The number of hydrogen-bond donors (Lipinski definition) is 3. The Labute approximate surface area is 105 Å². The second kappa shape index (κ2) is 5.46. The first-order valence-corrected chi connectivity index (χ1v) is 6.03. The van der Waals surface area contributed by atoms with Crippen LogP contribution in [-0.4, -0.2) is 29.7 Å². The maximum absolute atomic E-state index is 12.8. The van der Waals surface area contributed by atoms with E-state index >= 15 is 0 Å². The van der Waals surface area contributed by atoms with E-state index in [9.17, 15) is 14.3 Å². The molecule has 2 unspecified atom stereocenters. The predicted octanol–water partition coefficient (Wildman–Crippen LogP) is 0.726. The van der Waals surface area contributed by atoms with Crippen molar-refractivity contribution in [2.45, 2.75) is 31.5 Å². The molecule has 0 radical (unpaired) electrons. The van der Waals surface area contributed by atoms with Crippen LogP contribution in [0, 0.1) is 5.82 Å². The molecule has 1 aliphatic rings. The lowest BCUT2D eigenvalue weighted by atomic mass is 10.1. The molecule has 1 aliphatic heterocycles. The van der Waals surface area contributed by atoms with Crippen molar-refractivity contribution in [3.63, 3.8) is 0 Å². The zero-order valence-corrected chi connectivity index (χ0v) is 10.2. The van der Waals surface area contributed by atoms with Crippen molar-refractivity contribution in [3.8, 4) is 0 Å². The highest BCUT2D eigenvalue weighted by Gasteiger charge is 2.28. The fourth-order valence-corrected chi connectivity index (χ4v) is 2.07. The smallest absolute Gasteiger partial charge is 0.237 e. The summed E-state index contributed by atoms with van der Waals surface area (Å²) in [5.74, 6) is -0.429. The third-order valence-corrected chi connectivity index (χ3v) is 3.15. The van der Waals surface area contributed by atoms with Crippen LogP contribution in [0.2, 0.25) is 0 Å². The van der Waals surface area contributed by atoms with Crippen molar-refractivity contribution in [1.29, 1.82) is 0 Å². The summed E-state index contributed by atoms with van der Waals surface area (Å²) in [6.45, 7) is 2.29. The molecule has 3 N–H and O–H groups in total. The van der Waals surface area contributed by atoms with Gasteiger partial charge in [-0.05, 0) is 31.0 Å². The average Bonchev–Trinajstić information content (AvgIpc) is 2.76. The van der Waals surface area contributed by atoms with Crippen molar-refractivity contribution >= 4 is 5.91 Å². The van der Waals surface area contributed by atoms with Crippen molar-refractivity contribution < 1.29 is 14.3 Å². The predicted molar refractivity (Wildman–Crippen MR) is 65.4 cm³/mol. The number of aliphatic hydroxyl groups is 1. The zero-order chi connectivity index (χ0) is 13.1. The van der Waals surface area contributed by atoms with Crippen molar-refractivity contribution in [1.82, 2.24) is 10.6 Å². The summed E-state index contributed by atoms with van der Waals surface area (Å²) in [5, 5.41) is 15.1. The number of halogens is 1. The minimum Gasteiger partial charge on any atom is -0.392 e. The zero-order valence-electron chi connectivity index (χ0n) is 10.2. The maximum Gasteiger partial charge on any atom is 0.237 e. The number of rotatable bonds is 3. The van der Waals surface area contributed by atoms with Crippen molar-refractivity contribution in [2.24, 2.45) is 0 Å². The van der Waals surface area contributed by atoms with Crippen molar-refractivity contribution in [2.75, 3.05) is 6.54 Å². The van der Waals surface area contributed by atoms with Crippen LogP contribution in [0.15, 0.2) is 24.3 Å². The number of benzene rings is 1. The molecule has 0 aromatic heterocycles.